The molecule has 0 saturated heterocycles. The van der Waals surface area contributed by atoms with Crippen LogP contribution >= 0.6 is 0 Å². The number of hydrogen-bond donors (Lipinski definition) is 0. The molecular weight excluding hydrogens is 424 g/mol. The van der Waals surface area contributed by atoms with E-state index in [1.54, 1.807) is 12.1 Å². The van der Waals surface area contributed by atoms with Gasteiger partial charge in [-0.3, -0.25) is 8.98 Å². The van der Waals surface area contributed by atoms with Gasteiger partial charge in [-0.1, -0.05) is 43.9 Å². The van der Waals surface area contributed by atoms with E-state index in [1.165, 1.54) is 12.1 Å². The standard InChI is InChI=1S/C22H36O8S/c1-3-4-5-6-7-22(23)29-18-16-27-14-12-26-13-15-28-17-19-30-31(24,25)21-10-8-20(2)9-11-21/h8-11H,3-7,12-19H2,1-2H3. The van der Waals surface area contributed by atoms with Gasteiger partial charge in [0.2, 0.25) is 0 Å². The van der Waals surface area contributed by atoms with Crippen molar-refractivity contribution in [1.29, 1.82) is 0 Å². The lowest BCUT2D eigenvalue weighted by molar-refractivity contribution is -0.145. The van der Waals surface area contributed by atoms with Crippen LogP contribution in [0.15, 0.2) is 29.2 Å². The van der Waals surface area contributed by atoms with Crippen LogP contribution in [0.5, 0.6) is 0 Å². The Labute approximate surface area is 186 Å². The highest BCUT2D eigenvalue weighted by molar-refractivity contribution is 7.86. The molecule has 0 aliphatic heterocycles. The first kappa shape index (κ1) is 27.5. The van der Waals surface area contributed by atoms with Crippen molar-refractivity contribution in [3.8, 4) is 0 Å². The average molecular weight is 461 g/mol. The molecule has 0 saturated carbocycles. The maximum Gasteiger partial charge on any atom is 0.305 e. The molecule has 31 heavy (non-hydrogen) atoms. The Morgan fingerprint density at radius 1 is 0.774 bits per heavy atom. The molecule has 0 fully saturated rings. The molecule has 9 heteroatoms. The Morgan fingerprint density at radius 3 is 1.90 bits per heavy atom. The summed E-state index contributed by atoms with van der Waals surface area (Å²) in [6.45, 7) is 6.17. The maximum atomic E-state index is 12.0. The summed E-state index contributed by atoms with van der Waals surface area (Å²) in [5.41, 5.74) is 0.976. The van der Waals surface area contributed by atoms with Gasteiger partial charge in [-0.15, -0.1) is 0 Å². The first-order valence-corrected chi connectivity index (χ1v) is 12.2. The van der Waals surface area contributed by atoms with Gasteiger partial charge in [0.15, 0.2) is 0 Å². The van der Waals surface area contributed by atoms with Gasteiger partial charge < -0.3 is 18.9 Å². The fraction of sp³-hybridized carbons (Fsp3) is 0.682. The predicted molar refractivity (Wildman–Crippen MR) is 116 cm³/mol. The van der Waals surface area contributed by atoms with E-state index >= 15 is 0 Å². The van der Waals surface area contributed by atoms with E-state index in [2.05, 4.69) is 6.92 Å². The summed E-state index contributed by atoms with van der Waals surface area (Å²) < 4.78 is 50.0. The summed E-state index contributed by atoms with van der Waals surface area (Å²) in [6.07, 6.45) is 4.68. The number of benzene rings is 1. The third kappa shape index (κ3) is 14.2. The van der Waals surface area contributed by atoms with Crippen LogP contribution in [0, 0.1) is 6.92 Å². The van der Waals surface area contributed by atoms with E-state index in [4.69, 9.17) is 23.1 Å². The van der Waals surface area contributed by atoms with Gasteiger partial charge in [0.05, 0.1) is 51.1 Å². The first-order chi connectivity index (χ1) is 15.0. The van der Waals surface area contributed by atoms with Crippen molar-refractivity contribution in [3.63, 3.8) is 0 Å². The number of unbranched alkanes of at least 4 members (excludes halogenated alkanes) is 3. The van der Waals surface area contributed by atoms with Crippen molar-refractivity contribution < 1.29 is 36.3 Å². The SMILES string of the molecule is CCCCCCC(=O)OCCOCCOCCOCCOS(=O)(=O)c1ccc(C)cc1. The molecule has 0 atom stereocenters. The van der Waals surface area contributed by atoms with Gasteiger partial charge in [-0.2, -0.15) is 8.42 Å². The third-order valence-electron chi connectivity index (χ3n) is 4.25. The molecule has 0 unspecified atom stereocenters. The van der Waals surface area contributed by atoms with Crippen LogP contribution in [0.25, 0.3) is 0 Å². The van der Waals surface area contributed by atoms with Gasteiger partial charge in [0.25, 0.3) is 10.1 Å². The van der Waals surface area contributed by atoms with Crippen molar-refractivity contribution in [1.82, 2.24) is 0 Å². The summed E-state index contributed by atoms with van der Waals surface area (Å²) in [4.78, 5) is 11.6. The van der Waals surface area contributed by atoms with Crippen LogP contribution in [0.4, 0.5) is 0 Å². The van der Waals surface area contributed by atoms with Gasteiger partial charge in [0, 0.05) is 6.42 Å². The monoisotopic (exact) mass is 460 g/mol. The molecule has 1 aromatic carbocycles. The summed E-state index contributed by atoms with van der Waals surface area (Å²) in [6, 6.07) is 6.46. The topological polar surface area (TPSA) is 97.4 Å². The zero-order valence-corrected chi connectivity index (χ0v) is 19.5. The van der Waals surface area contributed by atoms with E-state index in [0.29, 0.717) is 39.5 Å². The van der Waals surface area contributed by atoms with E-state index < -0.39 is 10.1 Å². The molecule has 0 N–H and O–H groups in total. The molecule has 0 amide bonds. The van der Waals surface area contributed by atoms with Crippen molar-refractivity contribution in [3.05, 3.63) is 29.8 Å². The maximum absolute atomic E-state index is 12.0. The lowest BCUT2D eigenvalue weighted by Crippen LogP contribution is -2.15. The molecule has 0 radical (unpaired) electrons. The van der Waals surface area contributed by atoms with Crippen molar-refractivity contribution in [2.45, 2.75) is 50.8 Å². The van der Waals surface area contributed by atoms with E-state index in [-0.39, 0.29) is 30.7 Å². The summed E-state index contributed by atoms with van der Waals surface area (Å²) in [5, 5.41) is 0. The highest BCUT2D eigenvalue weighted by atomic mass is 32.2. The minimum atomic E-state index is -3.76. The second kappa shape index (κ2) is 17.1. The van der Waals surface area contributed by atoms with Crippen LogP contribution in [-0.4, -0.2) is 67.2 Å². The van der Waals surface area contributed by atoms with Gasteiger partial charge >= 0.3 is 5.97 Å². The molecule has 1 aromatic rings. The molecule has 0 bridgehead atoms. The van der Waals surface area contributed by atoms with Crippen molar-refractivity contribution in [2.24, 2.45) is 0 Å². The van der Waals surface area contributed by atoms with Gasteiger partial charge in [-0.05, 0) is 25.5 Å². The highest BCUT2D eigenvalue weighted by Gasteiger charge is 2.14. The third-order valence-corrected chi connectivity index (χ3v) is 5.57. The van der Waals surface area contributed by atoms with Crippen LogP contribution in [0.1, 0.15) is 44.6 Å². The lowest BCUT2D eigenvalue weighted by atomic mass is 10.2. The Balaban J connectivity index is 1.88. The van der Waals surface area contributed by atoms with E-state index in [9.17, 15) is 13.2 Å². The molecule has 178 valence electrons. The fourth-order valence-electron chi connectivity index (χ4n) is 2.50. The number of aryl methyl sites for hydroxylation is 1. The highest BCUT2D eigenvalue weighted by Crippen LogP contribution is 2.12. The Morgan fingerprint density at radius 2 is 1.32 bits per heavy atom. The van der Waals surface area contributed by atoms with Gasteiger partial charge in [0.1, 0.15) is 6.61 Å². The Bertz CT molecular complexity index is 688. The Kier molecular flexibility index (Phi) is 15.2. The Hall–Kier alpha value is -1.52. The van der Waals surface area contributed by atoms with Crippen LogP contribution in [0.2, 0.25) is 0 Å². The number of carbonyl (C=O) groups excluding carboxylic acids is 1. The minimum absolute atomic E-state index is 0.0589. The smallest absolute Gasteiger partial charge is 0.305 e. The van der Waals surface area contributed by atoms with Crippen LogP contribution < -0.4 is 0 Å². The zero-order valence-electron chi connectivity index (χ0n) is 18.7. The average Bonchev–Trinajstić information content (AvgIpc) is 2.74. The van der Waals surface area contributed by atoms with E-state index in [1.807, 2.05) is 6.92 Å². The zero-order chi connectivity index (χ0) is 22.8. The molecular formula is C22H36O8S. The molecule has 0 aliphatic rings. The summed E-state index contributed by atoms with van der Waals surface area (Å²) in [5.74, 6) is -0.177. The molecule has 0 heterocycles. The number of ether oxygens (including phenoxy) is 4. The summed E-state index contributed by atoms with van der Waals surface area (Å²) in [7, 11) is -3.76. The normalized spacial score (nSPS) is 11.5. The molecule has 0 spiro atoms. The first-order valence-electron chi connectivity index (χ1n) is 10.8. The number of carbonyl (C=O) groups is 1. The minimum Gasteiger partial charge on any atom is -0.463 e. The molecule has 8 nitrogen and oxygen atoms in total. The second-order valence-electron chi connectivity index (χ2n) is 6.96. The molecule has 0 aliphatic carbocycles. The van der Waals surface area contributed by atoms with Crippen LogP contribution in [-0.2, 0) is 38.0 Å². The van der Waals surface area contributed by atoms with Gasteiger partial charge in [-0.25, -0.2) is 0 Å². The predicted octanol–water partition coefficient (Wildman–Crippen LogP) is 3.26. The van der Waals surface area contributed by atoms with Crippen LogP contribution in [0.3, 0.4) is 0 Å². The van der Waals surface area contributed by atoms with Crippen molar-refractivity contribution >= 4 is 16.1 Å². The number of esters is 1. The number of hydrogen-bond acceptors (Lipinski definition) is 8. The largest absolute Gasteiger partial charge is 0.463 e. The quantitative estimate of drug-likeness (QED) is 0.176. The molecule has 0 aromatic heterocycles. The fourth-order valence-corrected chi connectivity index (χ4v) is 3.39. The summed E-state index contributed by atoms with van der Waals surface area (Å²) >= 11 is 0. The van der Waals surface area contributed by atoms with Crippen molar-refractivity contribution in [2.75, 3.05) is 52.9 Å². The molecule has 1 rings (SSSR count). The number of rotatable bonds is 19. The van der Waals surface area contributed by atoms with E-state index in [0.717, 1.165) is 31.2 Å². The lowest BCUT2D eigenvalue weighted by Gasteiger charge is -2.08. The second-order valence-corrected chi connectivity index (χ2v) is 8.57.